The number of thioether (sulfide) groups is 1. The molecular formula is C11H12F3NO3S2Te. The number of aryl methyl sites for hydroxylation is 2. The Bertz CT molecular complexity index is 741. The first-order valence-electron chi connectivity index (χ1n) is 5.42. The molecule has 0 aliphatic rings. The summed E-state index contributed by atoms with van der Waals surface area (Å²) in [4.78, 5) is 1.37. The van der Waals surface area contributed by atoms with Crippen molar-refractivity contribution in [3.8, 4) is 0 Å². The zero-order valence-electron chi connectivity index (χ0n) is 11.3. The smallest absolute Gasteiger partial charge is 0.485 e. The van der Waals surface area contributed by atoms with Crippen molar-refractivity contribution in [3.63, 3.8) is 0 Å². The molecule has 0 atom stereocenters. The zero-order valence-corrected chi connectivity index (χ0v) is 15.2. The zero-order chi connectivity index (χ0) is 16.4. The van der Waals surface area contributed by atoms with Crippen LogP contribution in [0.3, 0.4) is 0 Å². The fourth-order valence-electron chi connectivity index (χ4n) is 1.37. The SMILES string of the molecule is CSc1ccc2[te]c(C)[n+](C)c2c1.O=S(=O)([O-])C(F)(F)F. The third-order valence-corrected chi connectivity index (χ3v) is 7.07. The molecule has 2 rings (SSSR count). The topological polar surface area (TPSA) is 61.1 Å². The van der Waals surface area contributed by atoms with Gasteiger partial charge < -0.3 is 4.55 Å². The molecular weight excluding hydrogens is 443 g/mol. The summed E-state index contributed by atoms with van der Waals surface area (Å²) >= 11 is 1.77. The van der Waals surface area contributed by atoms with Crippen molar-refractivity contribution in [2.45, 2.75) is 17.3 Å². The molecule has 0 bridgehead atoms. The van der Waals surface area contributed by atoms with Crippen molar-refractivity contribution < 1.29 is 30.7 Å². The molecule has 0 unspecified atom stereocenters. The van der Waals surface area contributed by atoms with Gasteiger partial charge in [0, 0.05) is 0 Å². The predicted molar refractivity (Wildman–Crippen MR) is 74.3 cm³/mol. The summed E-state index contributed by atoms with van der Waals surface area (Å²) in [5.74, 6) is 0. The normalized spacial score (nSPS) is 12.1. The Balaban J connectivity index is 0.000000240. The number of nitrogens with zero attached hydrogens (tertiary/aromatic N) is 1. The molecule has 21 heavy (non-hydrogen) atoms. The summed E-state index contributed by atoms with van der Waals surface area (Å²) in [5, 5.41) is 0. The van der Waals surface area contributed by atoms with Crippen molar-refractivity contribution in [1.82, 2.24) is 0 Å². The van der Waals surface area contributed by atoms with Crippen molar-refractivity contribution in [1.29, 1.82) is 0 Å². The van der Waals surface area contributed by atoms with Crippen LogP contribution in [0.15, 0.2) is 23.1 Å². The van der Waals surface area contributed by atoms with Gasteiger partial charge in [-0.1, -0.05) is 0 Å². The number of halogens is 3. The summed E-state index contributed by atoms with van der Waals surface area (Å²) in [7, 11) is -3.91. The van der Waals surface area contributed by atoms with E-state index in [0.29, 0.717) is 0 Å². The Kier molecular flexibility index (Phi) is 6.15. The van der Waals surface area contributed by atoms with E-state index in [1.165, 1.54) is 10.4 Å². The Labute approximate surface area is 134 Å². The fourth-order valence-corrected chi connectivity index (χ4v) is 4.63. The Hall–Kier alpha value is -0.270. The van der Waals surface area contributed by atoms with Crippen LogP contribution in [-0.4, -0.2) is 45.2 Å². The van der Waals surface area contributed by atoms with E-state index in [1.54, 1.807) is 7.11 Å². The maximum atomic E-state index is 10.7. The van der Waals surface area contributed by atoms with Gasteiger partial charge in [0.25, 0.3) is 0 Å². The molecule has 0 aliphatic carbocycles. The van der Waals surface area contributed by atoms with Gasteiger partial charge in [-0.3, -0.25) is 0 Å². The van der Waals surface area contributed by atoms with Gasteiger partial charge in [-0.2, -0.15) is 13.2 Å². The average Bonchev–Trinajstić information content (AvgIpc) is 2.63. The van der Waals surface area contributed by atoms with E-state index < -0.39 is 15.6 Å². The Morgan fingerprint density at radius 3 is 2.29 bits per heavy atom. The molecule has 0 saturated heterocycles. The first-order chi connectivity index (χ1) is 9.47. The van der Waals surface area contributed by atoms with E-state index in [2.05, 4.69) is 43.0 Å². The minimum Gasteiger partial charge on any atom is -0.741 e. The molecule has 0 fully saturated rings. The summed E-state index contributed by atoms with van der Waals surface area (Å²) in [6, 6.07) is 6.85. The molecule has 4 nitrogen and oxygen atoms in total. The van der Waals surface area contributed by atoms with E-state index >= 15 is 0 Å². The van der Waals surface area contributed by atoms with Crippen LogP contribution in [-0.2, 0) is 17.2 Å². The molecule has 1 heterocycles. The predicted octanol–water partition coefficient (Wildman–Crippen LogP) is 1.80. The minimum absolute atomic E-state index is 0.0429. The number of hydrogen-bond donors (Lipinski definition) is 0. The van der Waals surface area contributed by atoms with Crippen LogP contribution in [0.2, 0.25) is 0 Å². The number of alkyl halides is 3. The van der Waals surface area contributed by atoms with Gasteiger partial charge >= 0.3 is 98.2 Å². The van der Waals surface area contributed by atoms with Crippen molar-refractivity contribution >= 4 is 51.2 Å². The van der Waals surface area contributed by atoms with Gasteiger partial charge in [0.05, 0.1) is 0 Å². The van der Waals surface area contributed by atoms with Gasteiger partial charge in [0.2, 0.25) is 0 Å². The van der Waals surface area contributed by atoms with E-state index in [9.17, 15) is 13.2 Å². The maximum Gasteiger partial charge on any atom is 0.485 e. The first-order valence-corrected chi connectivity index (χ1v) is 10.4. The molecule has 10 heteroatoms. The van der Waals surface area contributed by atoms with Gasteiger partial charge in [0.1, 0.15) is 0 Å². The number of aromatic nitrogens is 1. The quantitative estimate of drug-likeness (QED) is 0.217. The monoisotopic (exact) mass is 457 g/mol. The Morgan fingerprint density at radius 2 is 1.86 bits per heavy atom. The van der Waals surface area contributed by atoms with Crippen molar-refractivity contribution in [2.75, 3.05) is 6.26 Å². The molecule has 1 aromatic heterocycles. The second-order valence-electron chi connectivity index (χ2n) is 3.91. The fraction of sp³-hybridized carbons (Fsp3) is 0.364. The standard InChI is InChI=1S/C10H12NSTe.CHF3O3S/c1-7-11(2)9-6-8(12-3)4-5-10(9)13-7;2-1(3,4)8(5,6)7/h4-6H,1-3H3;(H,5,6,7)/q+1;/p-1. The maximum absolute atomic E-state index is 10.7. The average molecular weight is 455 g/mol. The van der Waals surface area contributed by atoms with Gasteiger partial charge in [0.15, 0.2) is 10.1 Å². The largest absolute Gasteiger partial charge is 0.741 e. The van der Waals surface area contributed by atoms with Crippen LogP contribution in [0.25, 0.3) is 8.92 Å². The van der Waals surface area contributed by atoms with E-state index in [0.717, 1.165) is 0 Å². The van der Waals surface area contributed by atoms with Crippen LogP contribution >= 0.6 is 11.8 Å². The Morgan fingerprint density at radius 1 is 1.33 bits per heavy atom. The number of benzene rings is 1. The summed E-state index contributed by atoms with van der Waals surface area (Å²) in [6.07, 6.45) is 2.13. The van der Waals surface area contributed by atoms with Gasteiger partial charge in [-0.05, 0) is 0 Å². The molecule has 0 amide bonds. The molecule has 1 aromatic carbocycles. The summed E-state index contributed by atoms with van der Waals surface area (Å²) in [5.41, 5.74) is -4.21. The van der Waals surface area contributed by atoms with E-state index in [4.69, 9.17) is 13.0 Å². The molecule has 0 aliphatic heterocycles. The third kappa shape index (κ3) is 4.86. The number of hydrogen-bond acceptors (Lipinski definition) is 4. The first kappa shape index (κ1) is 18.8. The molecule has 0 N–H and O–H groups in total. The molecule has 0 saturated carbocycles. The van der Waals surface area contributed by atoms with Crippen molar-refractivity contribution in [3.05, 3.63) is 21.9 Å². The number of rotatable bonds is 1. The second kappa shape index (κ2) is 6.87. The van der Waals surface area contributed by atoms with Gasteiger partial charge in [-0.25, -0.2) is 8.42 Å². The van der Waals surface area contributed by atoms with Gasteiger partial charge in [-0.15, -0.1) is 0 Å². The molecule has 0 spiro atoms. The summed E-state index contributed by atoms with van der Waals surface area (Å²) in [6.45, 7) is 2.25. The molecule has 2 aromatic rings. The summed E-state index contributed by atoms with van der Waals surface area (Å²) < 4.78 is 64.4. The second-order valence-corrected chi connectivity index (χ2v) is 9.69. The van der Waals surface area contributed by atoms with Crippen LogP contribution < -0.4 is 4.57 Å². The van der Waals surface area contributed by atoms with Crippen LogP contribution in [0, 0.1) is 6.92 Å². The minimum atomic E-state index is -6.09. The van der Waals surface area contributed by atoms with Crippen molar-refractivity contribution in [2.24, 2.45) is 7.05 Å². The number of fused-ring (bicyclic) bond motifs is 1. The third-order valence-electron chi connectivity index (χ3n) is 2.54. The van der Waals surface area contributed by atoms with Crippen LogP contribution in [0.1, 0.15) is 3.71 Å². The van der Waals surface area contributed by atoms with Crippen LogP contribution in [0.5, 0.6) is 0 Å². The van der Waals surface area contributed by atoms with Crippen LogP contribution in [0.4, 0.5) is 13.2 Å². The van der Waals surface area contributed by atoms with E-state index in [-0.39, 0.29) is 20.4 Å². The molecule has 118 valence electrons. The van der Waals surface area contributed by atoms with E-state index in [1.807, 2.05) is 11.8 Å². The molecule has 0 radical (unpaired) electrons.